The number of allylic oxidation sites excluding steroid dienone is 1. The summed E-state index contributed by atoms with van der Waals surface area (Å²) in [4.78, 5) is 12.5. The van der Waals surface area contributed by atoms with E-state index in [0.717, 1.165) is 25.7 Å². The molecule has 0 N–H and O–H groups in total. The van der Waals surface area contributed by atoms with Gasteiger partial charge in [0.05, 0.1) is 5.60 Å². The molecule has 0 amide bonds. The second-order valence-electron chi connectivity index (χ2n) is 12.3. The van der Waals surface area contributed by atoms with E-state index in [-0.39, 0.29) is 16.1 Å². The van der Waals surface area contributed by atoms with Crippen LogP contribution in [0.15, 0.2) is 12.2 Å². The molecule has 0 heterocycles. The molecule has 3 aliphatic carbocycles. The molecule has 2 saturated carbocycles. The molecule has 3 heteroatoms. The van der Waals surface area contributed by atoms with E-state index in [9.17, 15) is 4.79 Å². The molecule has 0 aromatic carbocycles. The van der Waals surface area contributed by atoms with Gasteiger partial charge in [-0.3, -0.25) is 4.79 Å². The van der Waals surface area contributed by atoms with Crippen molar-refractivity contribution in [2.24, 2.45) is 29.1 Å². The highest BCUT2D eigenvalue weighted by atomic mass is 28.4. The number of Topliss-reactive ketones (excluding diaryl/α,β-unsaturated/α-hetero) is 1. The first-order valence-electron chi connectivity index (χ1n) is 11.7. The first kappa shape index (κ1) is 22.3. The molecule has 0 spiro atoms. The summed E-state index contributed by atoms with van der Waals surface area (Å²) in [6, 6.07) is 0. The van der Waals surface area contributed by atoms with Gasteiger partial charge < -0.3 is 4.43 Å². The number of carbonyl (C=O) groups is 1. The van der Waals surface area contributed by atoms with E-state index in [1.54, 1.807) is 0 Å². The minimum Gasteiger partial charge on any atom is -0.408 e. The average molecular weight is 405 g/mol. The van der Waals surface area contributed by atoms with Gasteiger partial charge in [0.15, 0.2) is 8.32 Å². The number of hydrogen-bond donors (Lipinski definition) is 0. The minimum atomic E-state index is -1.77. The van der Waals surface area contributed by atoms with Crippen molar-refractivity contribution in [3.8, 4) is 0 Å². The number of fused-ring (bicyclic) bond motifs is 1. The van der Waals surface area contributed by atoms with E-state index in [1.165, 1.54) is 19.3 Å². The lowest BCUT2D eigenvalue weighted by Gasteiger charge is -2.43. The molecular formula is C25H44O2Si. The molecular weight excluding hydrogens is 360 g/mol. The van der Waals surface area contributed by atoms with Crippen LogP contribution in [0.4, 0.5) is 0 Å². The Morgan fingerprint density at radius 1 is 1.25 bits per heavy atom. The Hall–Kier alpha value is -0.413. The zero-order valence-corrected chi connectivity index (χ0v) is 20.7. The van der Waals surface area contributed by atoms with Gasteiger partial charge >= 0.3 is 0 Å². The fourth-order valence-electron chi connectivity index (χ4n) is 6.52. The minimum absolute atomic E-state index is 0.101. The maximum absolute atomic E-state index is 12.5. The Kier molecular flexibility index (Phi) is 5.87. The maximum atomic E-state index is 12.5. The lowest BCUT2D eigenvalue weighted by molar-refractivity contribution is -0.130. The topological polar surface area (TPSA) is 26.3 Å². The van der Waals surface area contributed by atoms with Crippen LogP contribution in [0.3, 0.4) is 0 Å². The van der Waals surface area contributed by atoms with E-state index < -0.39 is 8.32 Å². The van der Waals surface area contributed by atoms with E-state index in [1.807, 2.05) is 0 Å². The van der Waals surface area contributed by atoms with Crippen molar-refractivity contribution in [3.05, 3.63) is 12.2 Å². The molecule has 0 saturated heterocycles. The maximum Gasteiger partial charge on any atom is 0.193 e. The summed E-state index contributed by atoms with van der Waals surface area (Å²) in [6.07, 6.45) is 12.7. The van der Waals surface area contributed by atoms with Gasteiger partial charge in [0.25, 0.3) is 0 Å². The van der Waals surface area contributed by atoms with Crippen molar-refractivity contribution >= 4 is 14.1 Å². The van der Waals surface area contributed by atoms with Crippen LogP contribution in [0, 0.1) is 29.1 Å². The summed E-state index contributed by atoms with van der Waals surface area (Å²) in [6.45, 7) is 18.9. The largest absolute Gasteiger partial charge is 0.408 e. The van der Waals surface area contributed by atoms with Crippen molar-refractivity contribution in [1.29, 1.82) is 0 Å². The summed E-state index contributed by atoms with van der Waals surface area (Å²) >= 11 is 0. The zero-order chi connectivity index (χ0) is 21.0. The highest BCUT2D eigenvalue weighted by Gasteiger charge is 2.52. The zero-order valence-electron chi connectivity index (χ0n) is 19.7. The van der Waals surface area contributed by atoms with Gasteiger partial charge in [0, 0.05) is 12.3 Å². The molecule has 0 aliphatic heterocycles. The lowest BCUT2D eigenvalue weighted by Crippen LogP contribution is -2.47. The molecule has 1 unspecified atom stereocenters. The van der Waals surface area contributed by atoms with Gasteiger partial charge in [-0.05, 0) is 86.7 Å². The van der Waals surface area contributed by atoms with Crippen LogP contribution in [0.5, 0.6) is 0 Å². The van der Waals surface area contributed by atoms with Gasteiger partial charge in [-0.25, -0.2) is 0 Å². The molecule has 3 aliphatic rings. The summed E-state index contributed by atoms with van der Waals surface area (Å²) in [7, 11) is -1.77. The predicted octanol–water partition coefficient (Wildman–Crippen LogP) is 7.15. The molecule has 0 bridgehead atoms. The third kappa shape index (κ3) is 4.08. The average Bonchev–Trinajstić information content (AvgIpc) is 3.06. The summed E-state index contributed by atoms with van der Waals surface area (Å²) in [5.74, 6) is 2.92. The third-order valence-corrected chi connectivity index (χ3v) is 13.6. The molecule has 160 valence electrons. The molecule has 0 aromatic rings. The molecule has 6 atom stereocenters. The van der Waals surface area contributed by atoms with E-state index in [0.29, 0.717) is 29.5 Å². The fraction of sp³-hybridized carbons (Fsp3) is 0.880. The first-order valence-corrected chi connectivity index (χ1v) is 14.6. The van der Waals surface area contributed by atoms with E-state index in [4.69, 9.17) is 4.43 Å². The van der Waals surface area contributed by atoms with Gasteiger partial charge in [-0.2, -0.15) is 0 Å². The van der Waals surface area contributed by atoms with Gasteiger partial charge in [-0.15, -0.1) is 0 Å². The molecule has 2 nitrogen and oxygen atoms in total. The molecule has 2 fully saturated rings. The third-order valence-electron chi connectivity index (χ3n) is 8.98. The number of hydrogen-bond acceptors (Lipinski definition) is 2. The highest BCUT2D eigenvalue weighted by molar-refractivity contribution is 6.74. The fourth-order valence-corrected chi connectivity index (χ4v) is 8.14. The highest BCUT2D eigenvalue weighted by Crippen LogP contribution is 2.57. The van der Waals surface area contributed by atoms with Crippen LogP contribution in [-0.2, 0) is 9.22 Å². The van der Waals surface area contributed by atoms with Gasteiger partial charge in [0.2, 0.25) is 0 Å². The van der Waals surface area contributed by atoms with Crippen molar-refractivity contribution in [2.45, 2.75) is 110 Å². The van der Waals surface area contributed by atoms with Crippen LogP contribution >= 0.6 is 0 Å². The van der Waals surface area contributed by atoms with E-state index >= 15 is 0 Å². The Balaban J connectivity index is 1.61. The Labute approximate surface area is 175 Å². The van der Waals surface area contributed by atoms with E-state index in [2.05, 4.69) is 66.8 Å². The SMILES string of the molecule is C[C@H](C[C@@H]1C=C[C@](C)(O[Si](C)(C)C(C)(C)C)C1)[C@H]1CCC2C(=O)CCC[C@@]21C. The predicted molar refractivity (Wildman–Crippen MR) is 121 cm³/mol. The van der Waals surface area contributed by atoms with Crippen molar-refractivity contribution in [1.82, 2.24) is 0 Å². The van der Waals surface area contributed by atoms with Crippen molar-refractivity contribution in [2.75, 3.05) is 0 Å². The Morgan fingerprint density at radius 2 is 1.93 bits per heavy atom. The molecule has 0 radical (unpaired) electrons. The summed E-state index contributed by atoms with van der Waals surface area (Å²) in [5, 5.41) is 0.246. The standard InChI is InChI=1S/C25H44O2Si/c1-18(20-11-12-21-22(26)10-9-14-25(20,21)6)16-19-13-15-24(5,17-19)27-28(7,8)23(2,3)4/h13,15,18-21H,9-12,14,16-17H2,1-8H3/t18-,19+,20-,21?,24+,25-/m1/s1. The Bertz CT molecular complexity index is 631. The monoisotopic (exact) mass is 404 g/mol. The van der Waals surface area contributed by atoms with Crippen LogP contribution in [0.2, 0.25) is 18.1 Å². The summed E-state index contributed by atoms with van der Waals surface area (Å²) < 4.78 is 6.82. The molecule has 3 rings (SSSR count). The van der Waals surface area contributed by atoms with Crippen molar-refractivity contribution < 1.29 is 9.22 Å². The lowest BCUT2D eigenvalue weighted by atomic mass is 9.61. The normalized spacial score (nSPS) is 40.0. The van der Waals surface area contributed by atoms with Crippen LogP contribution < -0.4 is 0 Å². The number of ketones is 1. The smallest absolute Gasteiger partial charge is 0.193 e. The first-order chi connectivity index (χ1) is 12.8. The quantitative estimate of drug-likeness (QED) is 0.359. The summed E-state index contributed by atoms with van der Waals surface area (Å²) in [5.41, 5.74) is 0.161. The van der Waals surface area contributed by atoms with Crippen LogP contribution in [0.25, 0.3) is 0 Å². The van der Waals surface area contributed by atoms with Crippen LogP contribution in [-0.4, -0.2) is 19.7 Å². The number of carbonyl (C=O) groups excluding carboxylic acids is 1. The van der Waals surface area contributed by atoms with Crippen molar-refractivity contribution in [3.63, 3.8) is 0 Å². The second-order valence-corrected chi connectivity index (χ2v) is 17.0. The van der Waals surface area contributed by atoms with Gasteiger partial charge in [-0.1, -0.05) is 46.8 Å². The number of rotatable bonds is 5. The Morgan fingerprint density at radius 3 is 2.57 bits per heavy atom. The second kappa shape index (κ2) is 7.37. The van der Waals surface area contributed by atoms with Gasteiger partial charge in [0.1, 0.15) is 5.78 Å². The molecule has 0 aromatic heterocycles. The molecule has 28 heavy (non-hydrogen) atoms. The van der Waals surface area contributed by atoms with Crippen LogP contribution in [0.1, 0.15) is 86.5 Å².